The molecule has 4 nitrogen and oxygen atoms in total. The number of rotatable bonds is 4. The Balaban J connectivity index is 1.74. The van der Waals surface area contributed by atoms with Crippen molar-refractivity contribution in [3.8, 4) is 5.75 Å². The highest BCUT2D eigenvalue weighted by Crippen LogP contribution is 2.28. The second-order valence-corrected chi connectivity index (χ2v) is 8.48. The lowest BCUT2D eigenvalue weighted by Crippen LogP contribution is -2.20. The fraction of sp³-hybridized carbons (Fsp3) is 0.0526. The maximum Gasteiger partial charge on any atom is 0.244 e. The number of carbonyl (C=O) groups excluding carboxylic acids is 1. The Morgan fingerprint density at radius 2 is 1.88 bits per heavy atom. The number of phenols is 1. The average molecular weight is 588 g/mol. The van der Waals surface area contributed by atoms with Gasteiger partial charge in [-0.1, -0.05) is 62.2 Å². The van der Waals surface area contributed by atoms with E-state index in [0.717, 1.165) is 25.3 Å². The minimum absolute atomic E-state index is 0.130. The van der Waals surface area contributed by atoms with Gasteiger partial charge in [-0.05, 0) is 57.1 Å². The van der Waals surface area contributed by atoms with E-state index in [1.54, 1.807) is 12.1 Å². The molecule has 0 fully saturated rings. The van der Waals surface area contributed by atoms with E-state index in [2.05, 4.69) is 42.4 Å². The molecule has 0 aliphatic rings. The first-order valence-corrected chi connectivity index (χ1v) is 10.3. The summed E-state index contributed by atoms with van der Waals surface area (Å²) in [4.78, 5) is 12.2. The molecule has 0 radical (unpaired) electrons. The third-order valence-electron chi connectivity index (χ3n) is 3.76. The van der Waals surface area contributed by atoms with Gasteiger partial charge in [-0.2, -0.15) is 5.10 Å². The third-order valence-corrected chi connectivity index (χ3v) is 5.73. The van der Waals surface area contributed by atoms with E-state index in [-0.39, 0.29) is 18.1 Å². The summed E-state index contributed by atoms with van der Waals surface area (Å²) in [6.45, 7) is 0. The normalized spacial score (nSPS) is 11.2. The van der Waals surface area contributed by atoms with Gasteiger partial charge in [-0.15, -0.1) is 0 Å². The van der Waals surface area contributed by atoms with Gasteiger partial charge in [0.15, 0.2) is 0 Å². The van der Waals surface area contributed by atoms with Crippen molar-refractivity contribution in [1.29, 1.82) is 0 Å². The fourth-order valence-electron chi connectivity index (χ4n) is 2.55. The molecule has 0 aliphatic carbocycles. The van der Waals surface area contributed by atoms with Crippen LogP contribution in [-0.4, -0.2) is 17.2 Å². The molecule has 3 aromatic rings. The van der Waals surface area contributed by atoms with Crippen LogP contribution in [-0.2, 0) is 11.2 Å². The number of amides is 1. The molecule has 2 N–H and O–H groups in total. The van der Waals surface area contributed by atoms with Gasteiger partial charge in [0, 0.05) is 14.5 Å². The van der Waals surface area contributed by atoms with Crippen LogP contribution in [0, 0.1) is 3.57 Å². The van der Waals surface area contributed by atoms with Gasteiger partial charge in [-0.25, -0.2) is 5.43 Å². The van der Waals surface area contributed by atoms with Crippen LogP contribution in [0.15, 0.2) is 62.6 Å². The molecule has 0 saturated heterocycles. The Morgan fingerprint density at radius 1 is 1.15 bits per heavy atom. The highest BCUT2D eigenvalue weighted by atomic mass is 127. The molecule has 0 aromatic heterocycles. The first kappa shape index (κ1) is 19.3. The number of fused-ring (bicyclic) bond motifs is 1. The number of benzene rings is 3. The molecule has 0 heterocycles. The number of carbonyl (C=O) groups is 1. The number of hydrazone groups is 1. The average Bonchev–Trinajstić information content (AvgIpc) is 2.62. The topological polar surface area (TPSA) is 61.7 Å². The Kier molecular flexibility index (Phi) is 6.31. The van der Waals surface area contributed by atoms with Crippen LogP contribution in [0.4, 0.5) is 0 Å². The number of hydrogen-bond acceptors (Lipinski definition) is 3. The predicted octanol–water partition coefficient (Wildman–Crippen LogP) is 5.37. The number of nitrogens with zero attached hydrogens (tertiary/aromatic N) is 1. The number of halogens is 3. The summed E-state index contributed by atoms with van der Waals surface area (Å²) in [5.74, 6) is -0.0939. The van der Waals surface area contributed by atoms with E-state index in [1.807, 2.05) is 59.0 Å². The van der Waals surface area contributed by atoms with Gasteiger partial charge in [0.05, 0.1) is 16.2 Å². The Bertz CT molecular complexity index is 1020. The fourth-order valence-corrected chi connectivity index (χ4v) is 4.58. The summed E-state index contributed by atoms with van der Waals surface area (Å²) in [5, 5.41) is 16.1. The Labute approximate surface area is 181 Å². The smallest absolute Gasteiger partial charge is 0.244 e. The van der Waals surface area contributed by atoms with Gasteiger partial charge < -0.3 is 5.11 Å². The minimum Gasteiger partial charge on any atom is -0.506 e. The lowest BCUT2D eigenvalue weighted by atomic mass is 10.0. The second-order valence-electron chi connectivity index (χ2n) is 5.55. The summed E-state index contributed by atoms with van der Waals surface area (Å²) in [5.41, 5.74) is 3.97. The maximum atomic E-state index is 12.2. The minimum atomic E-state index is -0.224. The van der Waals surface area contributed by atoms with Crippen molar-refractivity contribution in [1.82, 2.24) is 5.43 Å². The second kappa shape index (κ2) is 8.49. The molecule has 0 aliphatic heterocycles. The van der Waals surface area contributed by atoms with E-state index < -0.39 is 0 Å². The predicted molar refractivity (Wildman–Crippen MR) is 120 cm³/mol. The molecule has 3 aromatic carbocycles. The number of phenolic OH excluding ortho intramolecular Hbond substituents is 1. The van der Waals surface area contributed by atoms with Crippen molar-refractivity contribution in [3.05, 3.63) is 72.2 Å². The van der Waals surface area contributed by atoms with Crippen LogP contribution >= 0.6 is 54.5 Å². The first-order valence-electron chi connectivity index (χ1n) is 7.61. The van der Waals surface area contributed by atoms with Crippen molar-refractivity contribution in [2.75, 3.05) is 0 Å². The van der Waals surface area contributed by atoms with Crippen LogP contribution in [0.25, 0.3) is 10.8 Å². The molecule has 0 spiro atoms. The van der Waals surface area contributed by atoms with Crippen LogP contribution in [0.5, 0.6) is 5.75 Å². The zero-order valence-corrected chi connectivity index (χ0v) is 18.7. The number of aromatic hydroxyl groups is 1. The zero-order valence-electron chi connectivity index (χ0n) is 13.3. The monoisotopic (exact) mass is 586 g/mol. The summed E-state index contributed by atoms with van der Waals surface area (Å²) >= 11 is 8.94. The zero-order chi connectivity index (χ0) is 18.7. The molecular weight excluding hydrogens is 575 g/mol. The molecule has 132 valence electrons. The van der Waals surface area contributed by atoms with E-state index in [1.165, 1.54) is 6.21 Å². The summed E-state index contributed by atoms with van der Waals surface area (Å²) in [6.07, 6.45) is 1.65. The molecule has 1 amide bonds. The molecule has 3 rings (SSSR count). The third kappa shape index (κ3) is 4.44. The molecule has 0 atom stereocenters. The highest BCUT2D eigenvalue weighted by molar-refractivity contribution is 14.1. The van der Waals surface area contributed by atoms with Gasteiger partial charge >= 0.3 is 0 Å². The van der Waals surface area contributed by atoms with Gasteiger partial charge in [0.25, 0.3) is 0 Å². The SMILES string of the molecule is O=C(Cc1ccc(Br)c2ccccc12)N/N=C\c1cc(Br)cc(I)c1O. The molecule has 26 heavy (non-hydrogen) atoms. The molecule has 7 heteroatoms. The van der Waals surface area contributed by atoms with Crippen molar-refractivity contribution in [2.45, 2.75) is 6.42 Å². The molecule has 0 unspecified atom stereocenters. The van der Waals surface area contributed by atoms with Gasteiger partial charge in [0.2, 0.25) is 5.91 Å². The standard InChI is InChI=1S/C19H13Br2IN2O2/c20-13-7-12(19(26)17(22)9-13)10-23-24-18(25)8-11-5-6-16(21)15-4-2-1-3-14(11)15/h1-7,9-10,26H,8H2,(H,24,25)/b23-10-. The first-order chi connectivity index (χ1) is 12.5. The van der Waals surface area contributed by atoms with Gasteiger partial charge in [-0.3, -0.25) is 4.79 Å². The van der Waals surface area contributed by atoms with Crippen LogP contribution in [0.1, 0.15) is 11.1 Å². The van der Waals surface area contributed by atoms with Crippen molar-refractivity contribution < 1.29 is 9.90 Å². The van der Waals surface area contributed by atoms with Crippen molar-refractivity contribution in [2.24, 2.45) is 5.10 Å². The van der Waals surface area contributed by atoms with Crippen LogP contribution in [0.2, 0.25) is 0 Å². The summed E-state index contributed by atoms with van der Waals surface area (Å²) in [7, 11) is 0. The van der Waals surface area contributed by atoms with E-state index in [4.69, 9.17) is 0 Å². The van der Waals surface area contributed by atoms with Crippen molar-refractivity contribution in [3.63, 3.8) is 0 Å². The summed E-state index contributed by atoms with van der Waals surface area (Å²) in [6, 6.07) is 15.3. The van der Waals surface area contributed by atoms with Crippen LogP contribution in [0.3, 0.4) is 0 Å². The van der Waals surface area contributed by atoms with Gasteiger partial charge in [0.1, 0.15) is 5.75 Å². The van der Waals surface area contributed by atoms with E-state index >= 15 is 0 Å². The quantitative estimate of drug-likeness (QED) is 0.245. The Morgan fingerprint density at radius 3 is 2.65 bits per heavy atom. The largest absolute Gasteiger partial charge is 0.506 e. The summed E-state index contributed by atoms with van der Waals surface area (Å²) < 4.78 is 2.52. The van der Waals surface area contributed by atoms with E-state index in [0.29, 0.717) is 9.13 Å². The Hall–Kier alpha value is -1.45. The lowest BCUT2D eigenvalue weighted by molar-refractivity contribution is -0.120. The molecular formula is C19H13Br2IN2O2. The highest BCUT2D eigenvalue weighted by Gasteiger charge is 2.09. The molecule has 0 bridgehead atoms. The van der Waals surface area contributed by atoms with Crippen LogP contribution < -0.4 is 5.43 Å². The molecule has 0 saturated carbocycles. The lowest BCUT2D eigenvalue weighted by Gasteiger charge is -2.07. The maximum absolute atomic E-state index is 12.2. The van der Waals surface area contributed by atoms with E-state index in [9.17, 15) is 9.90 Å². The number of hydrogen-bond donors (Lipinski definition) is 2. The number of nitrogens with one attached hydrogen (secondary N) is 1. The van der Waals surface area contributed by atoms with Crippen molar-refractivity contribution >= 4 is 77.3 Å².